The fourth-order valence-corrected chi connectivity index (χ4v) is 0. The van der Waals surface area contributed by atoms with E-state index in [-0.39, 0.29) is 46.0 Å². The minimum absolute atomic E-state index is 0. The number of hydrogen-bond donors (Lipinski definition) is 5. The molecule has 0 heterocycles. The number of hydrogen-bond acceptors (Lipinski definition) is 3. The molecule has 0 aromatic carbocycles. The monoisotopic (exact) mass is 324 g/mol. The Morgan fingerprint density at radius 2 is 0.722 bits per heavy atom. The zero-order chi connectivity index (χ0) is 13.2. The Hall–Kier alpha value is 0.220. The summed E-state index contributed by atoms with van der Waals surface area (Å²) < 4.78 is 0. The van der Waals surface area contributed by atoms with Crippen molar-refractivity contribution in [2.75, 3.05) is 7.11 Å². The van der Waals surface area contributed by atoms with E-state index >= 15 is 0 Å². The van der Waals surface area contributed by atoms with Crippen molar-refractivity contribution >= 4 is 64.3 Å². The van der Waals surface area contributed by atoms with Crippen LogP contribution >= 0.6 is 24.4 Å². The molecule has 0 aromatic rings. The molecule has 13 N–H and O–H groups in total. The van der Waals surface area contributed by atoms with Crippen LogP contribution in [0.15, 0.2) is 0 Å². The van der Waals surface area contributed by atoms with Crippen LogP contribution in [0.5, 0.6) is 0 Å². The first kappa shape index (κ1) is 63.6. The number of aliphatic hydroxyl groups excluding tert-OH is 3. The molecule has 0 aliphatic carbocycles. The van der Waals surface area contributed by atoms with Gasteiger partial charge in [-0.05, 0) is 24.4 Å². The predicted molar refractivity (Wildman–Crippen MR) is 87.7 cm³/mol. The van der Waals surface area contributed by atoms with E-state index in [1.807, 2.05) is 27.7 Å². The summed E-state index contributed by atoms with van der Waals surface area (Å²) in [7, 11) is 1.00. The van der Waals surface area contributed by atoms with Gasteiger partial charge < -0.3 is 43.2 Å². The molecule has 0 atom stereocenters. The third-order valence-electron chi connectivity index (χ3n) is 0. The van der Waals surface area contributed by atoms with Crippen molar-refractivity contribution in [3.8, 4) is 0 Å². The Kier molecular flexibility index (Phi) is 413. The summed E-state index contributed by atoms with van der Waals surface area (Å²) in [6.07, 6.45) is 0. The fraction of sp³-hybridized carbons (Fsp3) is 0.714. The number of nitrogens with two attached hydrogens (primary N) is 2. The number of aliphatic hydroxyl groups is 3. The van der Waals surface area contributed by atoms with Crippen LogP contribution in [0.3, 0.4) is 0 Å². The second kappa shape index (κ2) is 117. The van der Waals surface area contributed by atoms with Gasteiger partial charge >= 0.3 is 29.6 Å². The molecule has 0 aromatic heterocycles. The SMILES string of the molecule is CC.CC.CO.NC(O)=S.NC(O)=S.O.O.O.[NaH]. The van der Waals surface area contributed by atoms with Crippen molar-refractivity contribution in [2.45, 2.75) is 27.7 Å². The molecule has 0 bridgehead atoms. The molecule has 8 nitrogen and oxygen atoms in total. The average molecular weight is 324 g/mol. The summed E-state index contributed by atoms with van der Waals surface area (Å²) in [5.74, 6) is 0. The summed E-state index contributed by atoms with van der Waals surface area (Å²) in [5.41, 5.74) is 8.80. The van der Waals surface area contributed by atoms with E-state index in [0.717, 1.165) is 7.11 Å². The van der Waals surface area contributed by atoms with Gasteiger partial charge in [-0.2, -0.15) is 0 Å². The molecule has 0 saturated heterocycles. The molecule has 0 unspecified atom stereocenters. The van der Waals surface area contributed by atoms with Gasteiger partial charge in [-0.25, -0.2) is 0 Å². The zero-order valence-electron chi connectivity index (χ0n) is 10.8. The molecule has 116 valence electrons. The van der Waals surface area contributed by atoms with Crippen LogP contribution in [-0.2, 0) is 0 Å². The Morgan fingerprint density at radius 3 is 0.722 bits per heavy atom. The molecule has 11 heteroatoms. The molecule has 0 aliphatic rings. The standard InChI is InChI=1S/2C2H6.2CH3NOS.CH4O.Na.3H2O.H/c2*1-2;2*2-1(3)4;1-2;;;;;/h2*1-2H3;2*(H3,2,3,4);2H,1H3;;3*1H2;. The molecule has 0 amide bonds. The van der Waals surface area contributed by atoms with Gasteiger partial charge in [-0.3, -0.25) is 0 Å². The first-order valence-electron chi connectivity index (χ1n) is 3.88. The van der Waals surface area contributed by atoms with Crippen molar-refractivity contribution in [2.24, 2.45) is 11.5 Å². The molecule has 0 saturated carbocycles. The van der Waals surface area contributed by atoms with Gasteiger partial charge in [0.1, 0.15) is 0 Å². The molecule has 0 radical (unpaired) electrons. The van der Waals surface area contributed by atoms with Gasteiger partial charge in [-0.15, -0.1) is 0 Å². The summed E-state index contributed by atoms with van der Waals surface area (Å²) in [6.45, 7) is 8.00. The van der Waals surface area contributed by atoms with E-state index in [2.05, 4.69) is 35.9 Å². The fourth-order valence-electron chi connectivity index (χ4n) is 0. The summed E-state index contributed by atoms with van der Waals surface area (Å²) >= 11 is 7.74. The first-order chi connectivity index (χ1) is 6.46. The summed E-state index contributed by atoms with van der Waals surface area (Å²) in [6, 6.07) is 0. The van der Waals surface area contributed by atoms with Crippen molar-refractivity contribution in [3.63, 3.8) is 0 Å². The van der Waals surface area contributed by atoms with E-state index in [1.165, 1.54) is 0 Å². The van der Waals surface area contributed by atoms with E-state index in [1.54, 1.807) is 0 Å². The summed E-state index contributed by atoms with van der Waals surface area (Å²) in [4.78, 5) is 0. The maximum atomic E-state index is 7.56. The van der Waals surface area contributed by atoms with Crippen molar-refractivity contribution in [1.82, 2.24) is 0 Å². The number of thiocarbonyl (C=S) groups is 2. The van der Waals surface area contributed by atoms with Gasteiger partial charge in [0.2, 0.25) is 0 Å². The third-order valence-corrected chi connectivity index (χ3v) is 0. The van der Waals surface area contributed by atoms with Crippen LogP contribution < -0.4 is 11.5 Å². The maximum absolute atomic E-state index is 7.56. The van der Waals surface area contributed by atoms with Crippen molar-refractivity contribution in [3.05, 3.63) is 0 Å². The Balaban J connectivity index is -0.00000000792. The quantitative estimate of drug-likeness (QED) is 0.252. The average Bonchev–Trinajstić information content (AvgIpc) is 2.12. The Labute approximate surface area is 142 Å². The van der Waals surface area contributed by atoms with Crippen LogP contribution in [0.25, 0.3) is 0 Å². The second-order valence-electron chi connectivity index (χ2n) is 0.676. The molecule has 18 heavy (non-hydrogen) atoms. The van der Waals surface area contributed by atoms with E-state index in [9.17, 15) is 0 Å². The van der Waals surface area contributed by atoms with E-state index in [4.69, 9.17) is 15.3 Å². The van der Waals surface area contributed by atoms with Crippen LogP contribution in [0.2, 0.25) is 0 Å². The van der Waals surface area contributed by atoms with Crippen molar-refractivity contribution in [1.29, 1.82) is 0 Å². The molecule has 0 fully saturated rings. The summed E-state index contributed by atoms with van der Waals surface area (Å²) in [5, 5.41) is 21.1. The van der Waals surface area contributed by atoms with Crippen molar-refractivity contribution < 1.29 is 31.7 Å². The van der Waals surface area contributed by atoms with Gasteiger partial charge in [0.15, 0.2) is 0 Å². The zero-order valence-corrected chi connectivity index (χ0v) is 12.4. The third kappa shape index (κ3) is 77600. The minimum atomic E-state index is -0.500. The normalized spacial score (nSPS) is 3.67. The first-order valence-corrected chi connectivity index (χ1v) is 4.70. The molecule has 0 spiro atoms. The van der Waals surface area contributed by atoms with Crippen LogP contribution in [-0.4, -0.2) is 78.8 Å². The van der Waals surface area contributed by atoms with Crippen LogP contribution in [0.4, 0.5) is 0 Å². The van der Waals surface area contributed by atoms with Gasteiger partial charge in [0, 0.05) is 7.11 Å². The molecular weight excluding hydrogens is 295 g/mol. The van der Waals surface area contributed by atoms with E-state index < -0.39 is 10.3 Å². The van der Waals surface area contributed by atoms with Gasteiger partial charge in [0.05, 0.1) is 0 Å². The number of rotatable bonds is 0. The molecule has 0 aliphatic heterocycles. The molecular formula is C7H29N2NaO6S2. The Bertz CT molecular complexity index is 93.9. The van der Waals surface area contributed by atoms with Crippen LogP contribution in [0, 0.1) is 0 Å². The second-order valence-corrected chi connectivity index (χ2v) is 1.51. The topological polar surface area (TPSA) is 207 Å². The predicted octanol–water partition coefficient (Wildman–Crippen LogP) is -1.89. The van der Waals surface area contributed by atoms with E-state index in [0.29, 0.717) is 0 Å². The van der Waals surface area contributed by atoms with Crippen LogP contribution in [0.1, 0.15) is 27.7 Å². The van der Waals surface area contributed by atoms with Gasteiger partial charge in [-0.1, -0.05) is 27.7 Å². The Morgan fingerprint density at radius 1 is 0.722 bits per heavy atom. The van der Waals surface area contributed by atoms with Gasteiger partial charge in [0.25, 0.3) is 10.3 Å². The molecule has 0 rings (SSSR count).